The second-order valence-corrected chi connectivity index (χ2v) is 2.68. The third-order valence-electron chi connectivity index (χ3n) is 0.714. The lowest BCUT2D eigenvalue weighted by molar-refractivity contribution is -0.109. The minimum atomic E-state index is 0.0630. The van der Waals surface area contributed by atoms with Gasteiger partial charge in [0.25, 0.3) is 0 Å². The van der Waals surface area contributed by atoms with Crippen molar-refractivity contribution in [1.82, 2.24) is 8.96 Å². The number of nitrogens with zero attached hydrogens (tertiary/aromatic N) is 2. The molecule has 1 heterocycles. The van der Waals surface area contributed by atoms with Gasteiger partial charge in [0.1, 0.15) is 6.33 Å². The van der Waals surface area contributed by atoms with Crippen molar-refractivity contribution in [3.63, 3.8) is 0 Å². The molecule has 0 saturated carbocycles. The smallest absolute Gasteiger partial charge is 0.206 e. The van der Waals surface area contributed by atoms with Crippen molar-refractivity contribution >= 4 is 17.1 Å². The Balaban J connectivity index is 2.58. The van der Waals surface area contributed by atoms with E-state index in [2.05, 4.69) is 4.98 Å². The molecular formula is C5H6N2OS. The normalized spacial score (nSPS) is 9.44. The van der Waals surface area contributed by atoms with E-state index in [1.165, 1.54) is 6.92 Å². The van der Waals surface area contributed by atoms with Crippen LogP contribution in [0, 0.1) is 0 Å². The molecule has 48 valence electrons. The summed E-state index contributed by atoms with van der Waals surface area (Å²) >= 11 is 1.12. The molecule has 1 aromatic heterocycles. The van der Waals surface area contributed by atoms with Gasteiger partial charge in [-0.25, -0.2) is 4.98 Å². The molecule has 0 unspecified atom stereocenters. The van der Waals surface area contributed by atoms with Crippen LogP contribution in [-0.4, -0.2) is 14.1 Å². The van der Waals surface area contributed by atoms with E-state index >= 15 is 0 Å². The van der Waals surface area contributed by atoms with E-state index in [0.29, 0.717) is 0 Å². The Morgan fingerprint density at radius 1 is 1.78 bits per heavy atom. The zero-order valence-electron chi connectivity index (χ0n) is 4.94. The highest BCUT2D eigenvalue weighted by atomic mass is 32.2. The Labute approximate surface area is 57.2 Å². The van der Waals surface area contributed by atoms with Crippen LogP contribution < -0.4 is 0 Å². The Morgan fingerprint density at radius 3 is 3.00 bits per heavy atom. The number of hydrogen-bond acceptors (Lipinski definition) is 3. The molecule has 0 aliphatic heterocycles. The van der Waals surface area contributed by atoms with Crippen molar-refractivity contribution in [3.05, 3.63) is 18.7 Å². The maximum absolute atomic E-state index is 10.4. The fraction of sp³-hybridized carbons (Fsp3) is 0.200. The lowest BCUT2D eigenvalue weighted by Crippen LogP contribution is -1.87. The van der Waals surface area contributed by atoms with E-state index in [1.807, 2.05) is 0 Å². The summed E-state index contributed by atoms with van der Waals surface area (Å²) < 4.78 is 1.66. The molecule has 0 N–H and O–H groups in total. The first-order valence-corrected chi connectivity index (χ1v) is 3.23. The summed E-state index contributed by atoms with van der Waals surface area (Å²) in [5.74, 6) is 0. The Hall–Kier alpha value is -0.770. The molecule has 0 fully saturated rings. The van der Waals surface area contributed by atoms with E-state index in [1.54, 1.807) is 22.7 Å². The zero-order valence-corrected chi connectivity index (χ0v) is 5.76. The first kappa shape index (κ1) is 6.35. The molecule has 0 spiro atoms. The fourth-order valence-corrected chi connectivity index (χ4v) is 0.963. The second kappa shape index (κ2) is 2.68. The summed E-state index contributed by atoms with van der Waals surface area (Å²) in [6.45, 7) is 1.52. The van der Waals surface area contributed by atoms with Gasteiger partial charge in [-0.15, -0.1) is 0 Å². The van der Waals surface area contributed by atoms with Crippen LogP contribution in [0.25, 0.3) is 0 Å². The number of carbonyl (C=O) groups excluding carboxylic acids is 1. The van der Waals surface area contributed by atoms with Gasteiger partial charge in [0.15, 0.2) is 0 Å². The van der Waals surface area contributed by atoms with Gasteiger partial charge in [0.05, 0.1) is 0 Å². The number of aromatic nitrogens is 2. The SMILES string of the molecule is CC(=O)Sn1ccnc1. The number of imidazole rings is 1. The number of rotatable bonds is 1. The molecule has 4 heteroatoms. The van der Waals surface area contributed by atoms with E-state index < -0.39 is 0 Å². The Kier molecular flexibility index (Phi) is 1.89. The van der Waals surface area contributed by atoms with E-state index in [-0.39, 0.29) is 5.12 Å². The molecule has 0 aliphatic carbocycles. The average molecular weight is 142 g/mol. The first-order valence-electron chi connectivity index (χ1n) is 2.46. The number of carbonyl (C=O) groups is 1. The fourth-order valence-electron chi connectivity index (χ4n) is 0.449. The molecule has 0 saturated heterocycles. The molecule has 0 aliphatic rings. The van der Waals surface area contributed by atoms with Crippen LogP contribution in [0.3, 0.4) is 0 Å². The van der Waals surface area contributed by atoms with Gasteiger partial charge in [-0.1, -0.05) is 0 Å². The highest BCUT2D eigenvalue weighted by molar-refractivity contribution is 8.12. The topological polar surface area (TPSA) is 34.9 Å². The second-order valence-electron chi connectivity index (χ2n) is 1.51. The maximum Gasteiger partial charge on any atom is 0.206 e. The Bertz CT molecular complexity index is 195. The van der Waals surface area contributed by atoms with Gasteiger partial charge in [-0.3, -0.25) is 8.77 Å². The van der Waals surface area contributed by atoms with Crippen molar-refractivity contribution in [3.8, 4) is 0 Å². The summed E-state index contributed by atoms with van der Waals surface area (Å²) in [5.41, 5.74) is 0. The van der Waals surface area contributed by atoms with Gasteiger partial charge in [0.2, 0.25) is 5.12 Å². The quantitative estimate of drug-likeness (QED) is 0.585. The molecule has 0 aromatic carbocycles. The summed E-state index contributed by atoms with van der Waals surface area (Å²) in [6.07, 6.45) is 4.95. The van der Waals surface area contributed by atoms with Crippen molar-refractivity contribution in [2.75, 3.05) is 0 Å². The molecule has 1 rings (SSSR count). The van der Waals surface area contributed by atoms with Crippen LogP contribution in [0.2, 0.25) is 0 Å². The molecule has 0 amide bonds. The van der Waals surface area contributed by atoms with Gasteiger partial charge in [0, 0.05) is 31.3 Å². The van der Waals surface area contributed by atoms with Gasteiger partial charge >= 0.3 is 0 Å². The molecule has 0 bridgehead atoms. The first-order chi connectivity index (χ1) is 4.29. The summed E-state index contributed by atoms with van der Waals surface area (Å²) in [7, 11) is 0. The lowest BCUT2D eigenvalue weighted by atomic mass is 10.9. The van der Waals surface area contributed by atoms with Crippen LogP contribution >= 0.6 is 11.9 Å². The molecule has 1 aromatic rings. The largest absolute Gasteiger partial charge is 0.286 e. The van der Waals surface area contributed by atoms with Gasteiger partial charge in [-0.2, -0.15) is 0 Å². The van der Waals surface area contributed by atoms with Gasteiger partial charge < -0.3 is 0 Å². The van der Waals surface area contributed by atoms with Crippen molar-refractivity contribution in [2.24, 2.45) is 0 Å². The van der Waals surface area contributed by atoms with Crippen LogP contribution in [0.5, 0.6) is 0 Å². The van der Waals surface area contributed by atoms with E-state index in [0.717, 1.165) is 11.9 Å². The van der Waals surface area contributed by atoms with Crippen LogP contribution in [0.15, 0.2) is 18.7 Å². The van der Waals surface area contributed by atoms with Crippen molar-refractivity contribution in [2.45, 2.75) is 6.92 Å². The molecule has 0 radical (unpaired) electrons. The van der Waals surface area contributed by atoms with Crippen molar-refractivity contribution < 1.29 is 4.79 Å². The maximum atomic E-state index is 10.4. The molecule has 3 nitrogen and oxygen atoms in total. The third-order valence-corrected chi connectivity index (χ3v) is 1.40. The van der Waals surface area contributed by atoms with Crippen LogP contribution in [-0.2, 0) is 4.79 Å². The monoisotopic (exact) mass is 142 g/mol. The third kappa shape index (κ3) is 1.89. The minimum Gasteiger partial charge on any atom is -0.286 e. The Morgan fingerprint density at radius 2 is 2.56 bits per heavy atom. The van der Waals surface area contributed by atoms with E-state index in [9.17, 15) is 4.79 Å². The highest BCUT2D eigenvalue weighted by Gasteiger charge is 1.93. The highest BCUT2D eigenvalue weighted by Crippen LogP contribution is 2.03. The standard InChI is InChI=1S/C5H6N2OS/c1-5(8)9-7-3-2-6-4-7/h2-4H,1H3. The molecular weight excluding hydrogens is 136 g/mol. The zero-order chi connectivity index (χ0) is 6.69. The predicted molar refractivity (Wildman–Crippen MR) is 35.9 cm³/mol. The molecule has 9 heavy (non-hydrogen) atoms. The average Bonchev–Trinajstić information content (AvgIpc) is 2.15. The lowest BCUT2D eigenvalue weighted by Gasteiger charge is -1.91. The summed E-state index contributed by atoms with van der Waals surface area (Å²) in [5, 5.41) is 0.0630. The molecule has 0 atom stereocenters. The van der Waals surface area contributed by atoms with Crippen LogP contribution in [0.4, 0.5) is 0 Å². The van der Waals surface area contributed by atoms with Gasteiger partial charge in [-0.05, 0) is 0 Å². The minimum absolute atomic E-state index is 0.0630. The van der Waals surface area contributed by atoms with E-state index in [4.69, 9.17) is 0 Å². The predicted octanol–water partition coefficient (Wildman–Crippen LogP) is 0.926. The summed E-state index contributed by atoms with van der Waals surface area (Å²) in [4.78, 5) is 14.2. The summed E-state index contributed by atoms with van der Waals surface area (Å²) in [6, 6.07) is 0. The van der Waals surface area contributed by atoms with Crippen LogP contribution in [0.1, 0.15) is 6.92 Å². The van der Waals surface area contributed by atoms with Crippen molar-refractivity contribution in [1.29, 1.82) is 0 Å². The number of hydrogen-bond donors (Lipinski definition) is 0.